The van der Waals surface area contributed by atoms with Crippen molar-refractivity contribution < 1.29 is 9.66 Å². The van der Waals surface area contributed by atoms with Gasteiger partial charge in [-0.2, -0.15) is 0 Å². The first kappa shape index (κ1) is 15.8. The maximum Gasteiger partial charge on any atom is 0.269 e. The summed E-state index contributed by atoms with van der Waals surface area (Å²) in [6.45, 7) is 4.57. The molecule has 1 N–H and O–H groups in total. The molecule has 0 aliphatic heterocycles. The van der Waals surface area contributed by atoms with Crippen molar-refractivity contribution in [2.75, 3.05) is 11.9 Å². The van der Waals surface area contributed by atoms with Gasteiger partial charge in [0.25, 0.3) is 5.69 Å². The molecule has 0 fully saturated rings. The number of rotatable bonds is 7. The fourth-order valence-electron chi connectivity index (χ4n) is 2.33. The fourth-order valence-corrected chi connectivity index (χ4v) is 2.33. The van der Waals surface area contributed by atoms with E-state index in [-0.39, 0.29) is 16.7 Å². The molecule has 22 heavy (non-hydrogen) atoms. The summed E-state index contributed by atoms with van der Waals surface area (Å²) in [5.41, 5.74) is 1.89. The highest BCUT2D eigenvalue weighted by Crippen LogP contribution is 2.30. The second-order valence-electron chi connectivity index (χ2n) is 4.89. The highest BCUT2D eigenvalue weighted by Gasteiger charge is 2.15. The van der Waals surface area contributed by atoms with Crippen LogP contribution in [0.4, 0.5) is 11.4 Å². The molecule has 0 aliphatic rings. The second kappa shape index (κ2) is 7.45. The van der Waals surface area contributed by atoms with E-state index in [1.165, 1.54) is 6.07 Å². The first-order chi connectivity index (χ1) is 10.7. The molecule has 0 radical (unpaired) electrons. The topological polar surface area (TPSA) is 64.4 Å². The lowest BCUT2D eigenvalue weighted by molar-refractivity contribution is -0.384. The van der Waals surface area contributed by atoms with Crippen LogP contribution in [0.2, 0.25) is 0 Å². The van der Waals surface area contributed by atoms with Crippen molar-refractivity contribution in [3.63, 3.8) is 0 Å². The number of nitro benzene ring substituents is 1. The lowest BCUT2D eigenvalue weighted by atomic mass is 10.0. The molecule has 2 aromatic carbocycles. The summed E-state index contributed by atoms with van der Waals surface area (Å²) in [5, 5.41) is 14.3. The Labute approximate surface area is 130 Å². The van der Waals surface area contributed by atoms with E-state index in [1.54, 1.807) is 12.1 Å². The Morgan fingerprint density at radius 3 is 2.64 bits per heavy atom. The van der Waals surface area contributed by atoms with Gasteiger partial charge in [0, 0.05) is 12.1 Å². The van der Waals surface area contributed by atoms with Crippen LogP contribution in [-0.4, -0.2) is 11.5 Å². The van der Waals surface area contributed by atoms with Gasteiger partial charge in [-0.05, 0) is 31.0 Å². The summed E-state index contributed by atoms with van der Waals surface area (Å²) in [7, 11) is 0. The van der Waals surface area contributed by atoms with Crippen LogP contribution in [0.5, 0.6) is 5.75 Å². The first-order valence-corrected chi connectivity index (χ1v) is 7.38. The summed E-state index contributed by atoms with van der Waals surface area (Å²) in [5.74, 6) is 0.786. The Bertz CT molecular complexity index is 643. The van der Waals surface area contributed by atoms with Crippen LogP contribution in [0.1, 0.15) is 31.9 Å². The lowest BCUT2D eigenvalue weighted by Gasteiger charge is -2.20. The smallest absolute Gasteiger partial charge is 0.269 e. The Morgan fingerprint density at radius 1 is 1.18 bits per heavy atom. The van der Waals surface area contributed by atoms with Gasteiger partial charge in [-0.1, -0.05) is 31.2 Å². The monoisotopic (exact) mass is 300 g/mol. The average Bonchev–Trinajstić information content (AvgIpc) is 2.54. The van der Waals surface area contributed by atoms with Gasteiger partial charge in [-0.3, -0.25) is 10.1 Å². The molecule has 0 saturated heterocycles. The van der Waals surface area contributed by atoms with E-state index in [2.05, 4.69) is 5.32 Å². The minimum absolute atomic E-state index is 0.0125. The quantitative estimate of drug-likeness (QED) is 0.601. The van der Waals surface area contributed by atoms with Crippen LogP contribution >= 0.6 is 0 Å². The predicted octanol–water partition coefficient (Wildman–Crippen LogP) is 4.56. The normalized spacial score (nSPS) is 11.7. The zero-order valence-corrected chi connectivity index (χ0v) is 12.8. The van der Waals surface area contributed by atoms with E-state index >= 15 is 0 Å². The molecule has 0 spiro atoms. The molecular weight excluding hydrogens is 280 g/mol. The van der Waals surface area contributed by atoms with Gasteiger partial charge in [0.2, 0.25) is 0 Å². The highest BCUT2D eigenvalue weighted by molar-refractivity contribution is 5.57. The van der Waals surface area contributed by atoms with Crippen molar-refractivity contribution in [3.8, 4) is 5.75 Å². The summed E-state index contributed by atoms with van der Waals surface area (Å²) in [4.78, 5) is 10.6. The Kier molecular flexibility index (Phi) is 5.36. The van der Waals surface area contributed by atoms with Gasteiger partial charge in [-0.25, -0.2) is 0 Å². The Balaban J connectivity index is 2.26. The molecule has 5 nitrogen and oxygen atoms in total. The molecule has 2 rings (SSSR count). The fraction of sp³-hybridized carbons (Fsp3) is 0.294. The van der Waals surface area contributed by atoms with Crippen molar-refractivity contribution >= 4 is 11.4 Å². The van der Waals surface area contributed by atoms with E-state index in [0.717, 1.165) is 23.4 Å². The third-order valence-corrected chi connectivity index (χ3v) is 3.41. The van der Waals surface area contributed by atoms with Crippen molar-refractivity contribution in [2.24, 2.45) is 0 Å². The minimum atomic E-state index is -0.371. The first-order valence-electron chi connectivity index (χ1n) is 7.38. The summed E-state index contributed by atoms with van der Waals surface area (Å²) in [6, 6.07) is 14.4. The maximum absolute atomic E-state index is 10.9. The van der Waals surface area contributed by atoms with Crippen molar-refractivity contribution in [1.82, 2.24) is 0 Å². The number of ether oxygens (including phenoxy) is 1. The third-order valence-electron chi connectivity index (χ3n) is 3.41. The summed E-state index contributed by atoms with van der Waals surface area (Å²) >= 11 is 0. The van der Waals surface area contributed by atoms with Crippen LogP contribution < -0.4 is 10.1 Å². The van der Waals surface area contributed by atoms with E-state index in [4.69, 9.17) is 4.74 Å². The zero-order valence-electron chi connectivity index (χ0n) is 12.8. The molecule has 0 saturated carbocycles. The molecule has 0 heterocycles. The van der Waals surface area contributed by atoms with Crippen molar-refractivity contribution in [1.29, 1.82) is 0 Å². The second-order valence-corrected chi connectivity index (χ2v) is 4.89. The number of nitrogens with one attached hydrogen (secondary N) is 1. The number of anilines is 1. The van der Waals surface area contributed by atoms with Gasteiger partial charge >= 0.3 is 0 Å². The zero-order chi connectivity index (χ0) is 15.9. The molecule has 116 valence electrons. The van der Waals surface area contributed by atoms with E-state index < -0.39 is 0 Å². The van der Waals surface area contributed by atoms with Crippen LogP contribution in [0, 0.1) is 10.1 Å². The Morgan fingerprint density at radius 2 is 1.95 bits per heavy atom. The average molecular weight is 300 g/mol. The number of non-ortho nitro benzene ring substituents is 1. The number of hydrogen-bond acceptors (Lipinski definition) is 4. The summed E-state index contributed by atoms with van der Waals surface area (Å²) in [6.07, 6.45) is 0.807. The molecule has 0 bridgehead atoms. The van der Waals surface area contributed by atoms with Gasteiger partial charge in [0.15, 0.2) is 0 Å². The van der Waals surface area contributed by atoms with Gasteiger partial charge in [0.1, 0.15) is 5.75 Å². The third kappa shape index (κ3) is 3.75. The van der Waals surface area contributed by atoms with E-state index in [9.17, 15) is 10.1 Å². The van der Waals surface area contributed by atoms with Gasteiger partial charge < -0.3 is 10.1 Å². The lowest BCUT2D eigenvalue weighted by Crippen LogP contribution is -2.11. The minimum Gasteiger partial charge on any atom is -0.492 e. The van der Waals surface area contributed by atoms with Gasteiger partial charge in [-0.15, -0.1) is 0 Å². The number of nitrogens with zero attached hydrogens (tertiary/aromatic N) is 1. The SMILES string of the molecule is CCOc1ccccc1NC(CC)c1cccc([N+](=O)[O-])c1. The molecule has 1 unspecified atom stereocenters. The number of benzene rings is 2. The Hall–Kier alpha value is -2.56. The van der Waals surface area contributed by atoms with Gasteiger partial charge in [0.05, 0.1) is 23.3 Å². The summed E-state index contributed by atoms with van der Waals surface area (Å²) < 4.78 is 5.61. The van der Waals surface area contributed by atoms with Crippen molar-refractivity contribution in [3.05, 3.63) is 64.2 Å². The van der Waals surface area contributed by atoms with Crippen LogP contribution in [0.15, 0.2) is 48.5 Å². The largest absolute Gasteiger partial charge is 0.492 e. The highest BCUT2D eigenvalue weighted by atomic mass is 16.6. The molecule has 2 aromatic rings. The number of hydrogen-bond donors (Lipinski definition) is 1. The molecular formula is C17H20N2O3. The molecule has 1 atom stereocenters. The van der Waals surface area contributed by atoms with Crippen molar-refractivity contribution in [2.45, 2.75) is 26.3 Å². The predicted molar refractivity (Wildman–Crippen MR) is 87.4 cm³/mol. The maximum atomic E-state index is 10.9. The molecule has 0 aliphatic carbocycles. The molecule has 0 aromatic heterocycles. The number of para-hydroxylation sites is 2. The molecule has 0 amide bonds. The number of nitro groups is 1. The standard InChI is InChI=1S/C17H20N2O3/c1-3-15(13-8-7-9-14(12-13)19(20)21)18-16-10-5-6-11-17(16)22-4-2/h5-12,15,18H,3-4H2,1-2H3. The van der Waals surface area contributed by atoms with E-state index in [1.807, 2.05) is 44.2 Å². The van der Waals surface area contributed by atoms with Crippen LogP contribution in [0.25, 0.3) is 0 Å². The van der Waals surface area contributed by atoms with Crippen LogP contribution in [-0.2, 0) is 0 Å². The van der Waals surface area contributed by atoms with Crippen LogP contribution in [0.3, 0.4) is 0 Å². The van der Waals surface area contributed by atoms with E-state index in [0.29, 0.717) is 6.61 Å². The molecule has 5 heteroatoms.